The van der Waals surface area contributed by atoms with Gasteiger partial charge in [-0.25, -0.2) is 4.98 Å². The molecule has 0 radical (unpaired) electrons. The van der Waals surface area contributed by atoms with Gasteiger partial charge in [-0.15, -0.1) is 11.3 Å². The highest BCUT2D eigenvalue weighted by Gasteiger charge is 2.20. The Kier molecular flexibility index (Phi) is 8.33. The molecule has 0 spiro atoms. The number of aromatic nitrogens is 1. The Morgan fingerprint density at radius 1 is 1.38 bits per heavy atom. The molecular formula is C22H32ClN5S. The SMILES string of the molecule is CCNC(=NCC1CCN(Cc2csc(C)n2)CC1)NC(C)c1cccc(Cl)c1. The second-order valence-electron chi connectivity index (χ2n) is 7.72. The van der Waals surface area contributed by atoms with Gasteiger partial charge in [-0.2, -0.15) is 0 Å². The molecule has 1 aromatic heterocycles. The maximum atomic E-state index is 6.13. The smallest absolute Gasteiger partial charge is 0.191 e. The van der Waals surface area contributed by atoms with Gasteiger partial charge in [0.25, 0.3) is 0 Å². The number of benzene rings is 1. The van der Waals surface area contributed by atoms with E-state index in [2.05, 4.69) is 52.7 Å². The van der Waals surface area contributed by atoms with Crippen molar-refractivity contribution in [3.8, 4) is 0 Å². The molecular weight excluding hydrogens is 402 g/mol. The summed E-state index contributed by atoms with van der Waals surface area (Å²) in [5, 5.41) is 11.0. The number of likely N-dealkylation sites (tertiary alicyclic amines) is 1. The van der Waals surface area contributed by atoms with Crippen molar-refractivity contribution in [1.29, 1.82) is 0 Å². The number of aliphatic imine (C=N–C) groups is 1. The number of nitrogens with zero attached hydrogens (tertiary/aromatic N) is 3. The number of aryl methyl sites for hydroxylation is 1. The topological polar surface area (TPSA) is 52.6 Å². The minimum absolute atomic E-state index is 0.148. The maximum absolute atomic E-state index is 6.13. The standard InChI is InChI=1S/C22H32ClN5S/c1-4-24-22(26-16(2)19-6-5-7-20(23)12-19)25-13-18-8-10-28(11-9-18)14-21-15-29-17(3)27-21/h5-7,12,15-16,18H,4,8-11,13-14H2,1-3H3,(H2,24,25,26). The van der Waals surface area contributed by atoms with E-state index in [0.29, 0.717) is 5.92 Å². The van der Waals surface area contributed by atoms with Gasteiger partial charge in [0.2, 0.25) is 0 Å². The van der Waals surface area contributed by atoms with Crippen molar-refractivity contribution < 1.29 is 0 Å². The monoisotopic (exact) mass is 433 g/mol. The lowest BCUT2D eigenvalue weighted by Crippen LogP contribution is -2.39. The van der Waals surface area contributed by atoms with E-state index in [1.165, 1.54) is 18.5 Å². The fourth-order valence-electron chi connectivity index (χ4n) is 3.64. The fourth-order valence-corrected chi connectivity index (χ4v) is 4.44. The van der Waals surface area contributed by atoms with Gasteiger partial charge in [-0.05, 0) is 70.3 Å². The van der Waals surface area contributed by atoms with Crippen molar-refractivity contribution in [2.75, 3.05) is 26.2 Å². The van der Waals surface area contributed by atoms with Gasteiger partial charge in [0, 0.05) is 30.0 Å². The summed E-state index contributed by atoms with van der Waals surface area (Å²) in [5.74, 6) is 1.51. The van der Waals surface area contributed by atoms with Gasteiger partial charge in [-0.3, -0.25) is 9.89 Å². The van der Waals surface area contributed by atoms with Gasteiger partial charge in [0.15, 0.2) is 5.96 Å². The number of guanidine groups is 1. The first-order valence-corrected chi connectivity index (χ1v) is 11.7. The normalized spacial score (nSPS) is 17.3. The van der Waals surface area contributed by atoms with Gasteiger partial charge >= 0.3 is 0 Å². The summed E-state index contributed by atoms with van der Waals surface area (Å²) in [6, 6.07) is 8.13. The van der Waals surface area contributed by atoms with Crippen molar-refractivity contribution in [2.45, 2.75) is 46.2 Å². The predicted octanol–water partition coefficient (Wildman–Crippen LogP) is 4.63. The zero-order valence-electron chi connectivity index (χ0n) is 17.6. The van der Waals surface area contributed by atoms with Gasteiger partial charge in [0.1, 0.15) is 0 Å². The molecule has 0 saturated carbocycles. The number of halogens is 1. The van der Waals surface area contributed by atoms with Crippen molar-refractivity contribution in [2.24, 2.45) is 10.9 Å². The molecule has 0 bridgehead atoms. The first-order valence-electron chi connectivity index (χ1n) is 10.5. The van der Waals surface area contributed by atoms with E-state index in [9.17, 15) is 0 Å². The number of hydrogen-bond acceptors (Lipinski definition) is 4. The third kappa shape index (κ3) is 6.98. The second kappa shape index (κ2) is 11.0. The molecule has 0 aliphatic carbocycles. The van der Waals surface area contributed by atoms with E-state index in [4.69, 9.17) is 16.6 Å². The molecule has 7 heteroatoms. The van der Waals surface area contributed by atoms with Crippen LogP contribution in [0.3, 0.4) is 0 Å². The van der Waals surface area contributed by atoms with Crippen LogP contribution in [-0.2, 0) is 6.54 Å². The van der Waals surface area contributed by atoms with E-state index in [-0.39, 0.29) is 6.04 Å². The molecule has 29 heavy (non-hydrogen) atoms. The third-order valence-corrected chi connectivity index (χ3v) is 6.37. The lowest BCUT2D eigenvalue weighted by molar-refractivity contribution is 0.179. The minimum Gasteiger partial charge on any atom is -0.357 e. The Labute approximate surface area is 183 Å². The van der Waals surface area contributed by atoms with Crippen LogP contribution in [0.2, 0.25) is 5.02 Å². The molecule has 3 rings (SSSR count). The Hall–Kier alpha value is -1.63. The Morgan fingerprint density at radius 3 is 2.83 bits per heavy atom. The molecule has 2 N–H and O–H groups in total. The van der Waals surface area contributed by atoms with Crippen LogP contribution in [0.1, 0.15) is 49.0 Å². The maximum Gasteiger partial charge on any atom is 0.191 e. The van der Waals surface area contributed by atoms with Crippen molar-refractivity contribution in [3.63, 3.8) is 0 Å². The largest absolute Gasteiger partial charge is 0.357 e. The highest BCUT2D eigenvalue weighted by molar-refractivity contribution is 7.09. The number of rotatable bonds is 7. The highest BCUT2D eigenvalue weighted by atomic mass is 35.5. The van der Waals surface area contributed by atoms with Crippen LogP contribution in [0.15, 0.2) is 34.6 Å². The summed E-state index contributed by atoms with van der Waals surface area (Å²) >= 11 is 7.87. The van der Waals surface area contributed by atoms with Crippen LogP contribution < -0.4 is 10.6 Å². The summed E-state index contributed by atoms with van der Waals surface area (Å²) in [6.45, 7) is 11.2. The summed E-state index contributed by atoms with van der Waals surface area (Å²) in [6.07, 6.45) is 2.38. The first-order chi connectivity index (χ1) is 14.0. The van der Waals surface area contributed by atoms with Crippen LogP contribution in [0.25, 0.3) is 0 Å². The van der Waals surface area contributed by atoms with Crippen LogP contribution in [0.5, 0.6) is 0 Å². The van der Waals surface area contributed by atoms with E-state index in [0.717, 1.165) is 54.3 Å². The molecule has 158 valence electrons. The van der Waals surface area contributed by atoms with Crippen LogP contribution in [0, 0.1) is 12.8 Å². The minimum atomic E-state index is 0.148. The van der Waals surface area contributed by atoms with Gasteiger partial charge in [-0.1, -0.05) is 23.7 Å². The van der Waals surface area contributed by atoms with E-state index >= 15 is 0 Å². The van der Waals surface area contributed by atoms with E-state index in [1.54, 1.807) is 11.3 Å². The van der Waals surface area contributed by atoms with Crippen LogP contribution in [0.4, 0.5) is 0 Å². The molecule has 1 aliphatic rings. The zero-order chi connectivity index (χ0) is 20.6. The number of piperidine rings is 1. The molecule has 1 fully saturated rings. The Morgan fingerprint density at radius 2 is 2.17 bits per heavy atom. The van der Waals surface area contributed by atoms with Crippen molar-refractivity contribution in [3.05, 3.63) is 50.9 Å². The molecule has 5 nitrogen and oxygen atoms in total. The summed E-state index contributed by atoms with van der Waals surface area (Å²) < 4.78 is 0. The number of thiazole rings is 1. The molecule has 2 aromatic rings. The summed E-state index contributed by atoms with van der Waals surface area (Å²) in [7, 11) is 0. The zero-order valence-corrected chi connectivity index (χ0v) is 19.2. The molecule has 0 amide bonds. The number of nitrogens with one attached hydrogen (secondary N) is 2. The fraction of sp³-hybridized carbons (Fsp3) is 0.545. The molecule has 2 heterocycles. The average Bonchev–Trinajstić information content (AvgIpc) is 3.12. The Bertz CT molecular complexity index is 798. The van der Waals surface area contributed by atoms with Gasteiger partial charge < -0.3 is 10.6 Å². The summed E-state index contributed by atoms with van der Waals surface area (Å²) in [5.41, 5.74) is 2.37. The van der Waals surface area contributed by atoms with E-state index in [1.807, 2.05) is 18.2 Å². The van der Waals surface area contributed by atoms with Crippen LogP contribution >= 0.6 is 22.9 Å². The molecule has 1 saturated heterocycles. The van der Waals surface area contributed by atoms with Crippen molar-refractivity contribution >= 4 is 28.9 Å². The molecule has 1 aromatic carbocycles. The third-order valence-electron chi connectivity index (χ3n) is 5.31. The lowest BCUT2D eigenvalue weighted by atomic mass is 9.97. The van der Waals surface area contributed by atoms with Gasteiger partial charge in [0.05, 0.1) is 16.7 Å². The Balaban J connectivity index is 1.48. The van der Waals surface area contributed by atoms with Crippen LogP contribution in [-0.4, -0.2) is 42.0 Å². The lowest BCUT2D eigenvalue weighted by Gasteiger charge is -2.31. The predicted molar refractivity (Wildman–Crippen MR) is 124 cm³/mol. The molecule has 1 atom stereocenters. The van der Waals surface area contributed by atoms with E-state index < -0.39 is 0 Å². The average molecular weight is 434 g/mol. The second-order valence-corrected chi connectivity index (χ2v) is 9.22. The highest BCUT2D eigenvalue weighted by Crippen LogP contribution is 2.20. The molecule has 1 aliphatic heterocycles. The summed E-state index contributed by atoms with van der Waals surface area (Å²) in [4.78, 5) is 12.0. The number of hydrogen-bond donors (Lipinski definition) is 2. The molecule has 1 unspecified atom stereocenters. The quantitative estimate of drug-likeness (QED) is 0.493. The van der Waals surface area contributed by atoms with Crippen molar-refractivity contribution in [1.82, 2.24) is 20.5 Å². The first kappa shape index (κ1) is 22.1.